The Morgan fingerprint density at radius 2 is 1.86 bits per heavy atom. The van der Waals surface area contributed by atoms with Crippen molar-refractivity contribution in [3.05, 3.63) is 94.0 Å². The molecule has 7 heteroatoms. The summed E-state index contributed by atoms with van der Waals surface area (Å²) in [6.07, 6.45) is 12.6. The predicted octanol–water partition coefficient (Wildman–Crippen LogP) is 7.95. The van der Waals surface area contributed by atoms with Crippen molar-refractivity contribution >= 4 is 26.9 Å². The first-order valence-corrected chi connectivity index (χ1v) is 17.0. The number of sulfone groups is 1. The minimum absolute atomic E-state index is 0.0441. The van der Waals surface area contributed by atoms with Crippen LogP contribution in [0, 0.1) is 31.5 Å². The lowest BCUT2D eigenvalue weighted by Crippen LogP contribution is -2.35. The minimum Gasteiger partial charge on any atom is -0.494 e. The van der Waals surface area contributed by atoms with Crippen LogP contribution in [0.15, 0.2) is 65.3 Å². The molecule has 0 saturated heterocycles. The molecule has 0 amide bonds. The zero-order valence-electron chi connectivity index (χ0n) is 25.8. The van der Waals surface area contributed by atoms with E-state index in [2.05, 4.69) is 18.2 Å². The van der Waals surface area contributed by atoms with Crippen LogP contribution in [0.4, 0.5) is 4.39 Å². The lowest BCUT2D eigenvalue weighted by Gasteiger charge is -2.29. The van der Waals surface area contributed by atoms with E-state index < -0.39 is 9.84 Å². The largest absolute Gasteiger partial charge is 0.494 e. The molecule has 1 aliphatic heterocycles. The molecule has 1 fully saturated rings. The maximum atomic E-state index is 14.8. The van der Waals surface area contributed by atoms with Crippen molar-refractivity contribution in [1.29, 1.82) is 0 Å². The highest BCUT2D eigenvalue weighted by Crippen LogP contribution is 2.39. The van der Waals surface area contributed by atoms with Gasteiger partial charge in [-0.25, -0.2) is 12.8 Å². The van der Waals surface area contributed by atoms with Gasteiger partial charge >= 0.3 is 0 Å². The first kappa shape index (κ1) is 31.1. The third-order valence-electron chi connectivity index (χ3n) is 9.50. The number of allylic oxidation sites excluding steroid dienone is 5. The number of halogens is 1. The Labute approximate surface area is 255 Å². The Balaban J connectivity index is 1.24. The van der Waals surface area contributed by atoms with E-state index in [4.69, 9.17) is 9.73 Å². The topological polar surface area (TPSA) is 72.8 Å². The number of ketones is 1. The fourth-order valence-corrected chi connectivity index (χ4v) is 9.07. The van der Waals surface area contributed by atoms with Gasteiger partial charge < -0.3 is 4.74 Å². The van der Waals surface area contributed by atoms with Crippen LogP contribution in [-0.4, -0.2) is 37.5 Å². The summed E-state index contributed by atoms with van der Waals surface area (Å²) in [5.74, 6) is -0.173. The number of aliphatic imine (C=N–C) groups is 1. The van der Waals surface area contributed by atoms with Gasteiger partial charge in [0.2, 0.25) is 0 Å². The van der Waals surface area contributed by atoms with Crippen molar-refractivity contribution in [3.8, 4) is 5.75 Å². The van der Waals surface area contributed by atoms with Crippen LogP contribution in [0.5, 0.6) is 5.75 Å². The number of hydrogen-bond acceptors (Lipinski definition) is 5. The van der Waals surface area contributed by atoms with Gasteiger partial charge in [-0.3, -0.25) is 9.79 Å². The van der Waals surface area contributed by atoms with E-state index in [-0.39, 0.29) is 39.7 Å². The number of ether oxygens (including phenoxy) is 1. The van der Waals surface area contributed by atoms with Crippen molar-refractivity contribution in [2.24, 2.45) is 16.8 Å². The molecule has 5 nitrogen and oxygen atoms in total. The molecule has 0 N–H and O–H groups in total. The number of carbonyl (C=O) groups is 1. The second-order valence-corrected chi connectivity index (χ2v) is 14.9. The number of benzene rings is 2. The van der Waals surface area contributed by atoms with Crippen molar-refractivity contribution in [3.63, 3.8) is 0 Å². The summed E-state index contributed by atoms with van der Waals surface area (Å²) in [5.41, 5.74) is 7.16. The monoisotopic (exact) mass is 603 g/mol. The Morgan fingerprint density at radius 3 is 2.53 bits per heavy atom. The van der Waals surface area contributed by atoms with Crippen LogP contribution in [0.1, 0.15) is 85.0 Å². The SMILES string of the molecule is CCCC(C)S(=O)(=O)C1CCC(C(=O)c2ccc(CC3=CC=CC4C(c5ccc(OC)c(F)c5C)=CN=C34)cc2C)CC1. The van der Waals surface area contributed by atoms with E-state index in [0.717, 1.165) is 45.5 Å². The molecular weight excluding hydrogens is 561 g/mol. The third-order valence-corrected chi connectivity index (χ3v) is 12.3. The van der Waals surface area contributed by atoms with Crippen molar-refractivity contribution < 1.29 is 22.3 Å². The molecule has 1 heterocycles. The molecule has 0 radical (unpaired) electrons. The molecular formula is C36H42FNO4S. The average Bonchev–Trinajstić information content (AvgIpc) is 3.43. The summed E-state index contributed by atoms with van der Waals surface area (Å²) in [6, 6.07) is 9.58. The summed E-state index contributed by atoms with van der Waals surface area (Å²) in [4.78, 5) is 18.3. The fraction of sp³-hybridized carbons (Fsp3) is 0.444. The Hall–Kier alpha value is -3.32. The lowest BCUT2D eigenvalue weighted by molar-refractivity contribution is 0.0889. The number of methoxy groups -OCH3 is 1. The standard InChI is InChI=1S/C36H42FNO4S/c1-6-8-23(3)43(40,41)28-14-12-26(13-15-28)36(39)29-16-11-25(19-22(29)2)20-27-9-7-10-31-32(21-38-35(27)31)30-17-18-33(42-5)34(37)24(30)4/h7,9-11,16-19,21,23,26,28,31H,6,8,12-15,20H2,1-5H3. The summed E-state index contributed by atoms with van der Waals surface area (Å²) in [5, 5.41) is -0.647. The van der Waals surface area contributed by atoms with Crippen molar-refractivity contribution in [1.82, 2.24) is 0 Å². The maximum absolute atomic E-state index is 14.8. The molecule has 2 aromatic rings. The Bertz CT molecular complexity index is 1640. The van der Waals surface area contributed by atoms with Crippen LogP contribution in [0.3, 0.4) is 0 Å². The van der Waals surface area contributed by atoms with Gasteiger partial charge in [-0.15, -0.1) is 0 Å². The number of fused-ring (bicyclic) bond motifs is 1. The fourth-order valence-electron chi connectivity index (χ4n) is 6.91. The van der Waals surface area contributed by atoms with Gasteiger partial charge in [0, 0.05) is 23.6 Å². The van der Waals surface area contributed by atoms with Gasteiger partial charge in [-0.2, -0.15) is 0 Å². The van der Waals surface area contributed by atoms with Gasteiger partial charge in [0.1, 0.15) is 0 Å². The second kappa shape index (κ2) is 12.7. The lowest BCUT2D eigenvalue weighted by atomic mass is 9.81. The summed E-state index contributed by atoms with van der Waals surface area (Å²) >= 11 is 0. The molecule has 2 unspecified atom stereocenters. The molecule has 3 aliphatic rings. The second-order valence-electron chi connectivity index (χ2n) is 12.3. The molecule has 43 heavy (non-hydrogen) atoms. The minimum atomic E-state index is -3.16. The van der Waals surface area contributed by atoms with Crippen LogP contribution in [0.25, 0.3) is 5.57 Å². The number of Topliss-reactive ketones (excluding diaryl/α,β-unsaturated/α-hetero) is 1. The molecule has 0 bridgehead atoms. The van der Waals surface area contributed by atoms with E-state index in [1.165, 1.54) is 7.11 Å². The summed E-state index contributed by atoms with van der Waals surface area (Å²) in [6.45, 7) is 7.57. The van der Waals surface area contributed by atoms with E-state index in [9.17, 15) is 17.6 Å². The molecule has 2 atom stereocenters. The van der Waals surface area contributed by atoms with Crippen LogP contribution >= 0.6 is 0 Å². The van der Waals surface area contributed by atoms with E-state index >= 15 is 0 Å². The zero-order valence-corrected chi connectivity index (χ0v) is 26.6. The van der Waals surface area contributed by atoms with E-state index in [1.54, 1.807) is 13.0 Å². The van der Waals surface area contributed by atoms with Gasteiger partial charge in [-0.1, -0.05) is 55.8 Å². The zero-order chi connectivity index (χ0) is 30.9. The van der Waals surface area contributed by atoms with Crippen LogP contribution in [-0.2, 0) is 16.3 Å². The smallest absolute Gasteiger partial charge is 0.168 e. The van der Waals surface area contributed by atoms with Crippen molar-refractivity contribution in [2.75, 3.05) is 7.11 Å². The summed E-state index contributed by atoms with van der Waals surface area (Å²) < 4.78 is 45.9. The average molecular weight is 604 g/mol. The number of carbonyl (C=O) groups excluding carboxylic acids is 1. The number of nitrogens with zero attached hydrogens (tertiary/aromatic N) is 1. The van der Waals surface area contributed by atoms with E-state index in [0.29, 0.717) is 44.1 Å². The number of hydrogen-bond donors (Lipinski definition) is 0. The maximum Gasteiger partial charge on any atom is 0.168 e. The highest BCUT2D eigenvalue weighted by Gasteiger charge is 2.36. The van der Waals surface area contributed by atoms with Gasteiger partial charge in [0.05, 0.1) is 23.3 Å². The van der Waals surface area contributed by atoms with Crippen molar-refractivity contribution in [2.45, 2.75) is 83.1 Å². The third kappa shape index (κ3) is 6.06. The highest BCUT2D eigenvalue weighted by atomic mass is 32.2. The predicted molar refractivity (Wildman–Crippen MR) is 172 cm³/mol. The van der Waals surface area contributed by atoms with Crippen LogP contribution < -0.4 is 4.74 Å². The van der Waals surface area contributed by atoms with Gasteiger partial charge in [0.25, 0.3) is 0 Å². The van der Waals surface area contributed by atoms with Gasteiger partial charge in [0.15, 0.2) is 27.2 Å². The Kier molecular flexibility index (Phi) is 9.21. The molecule has 0 spiro atoms. The molecule has 1 saturated carbocycles. The molecule has 2 aromatic carbocycles. The summed E-state index contributed by atoms with van der Waals surface area (Å²) in [7, 11) is -1.69. The molecule has 228 valence electrons. The molecule has 0 aromatic heterocycles. The number of rotatable bonds is 10. The molecule has 2 aliphatic carbocycles. The van der Waals surface area contributed by atoms with E-state index in [1.807, 2.05) is 51.2 Å². The first-order valence-electron chi connectivity index (χ1n) is 15.4. The quantitative estimate of drug-likeness (QED) is 0.259. The normalized spacial score (nSPS) is 22.4. The number of aryl methyl sites for hydroxylation is 1. The van der Waals surface area contributed by atoms with Gasteiger partial charge in [-0.05, 0) is 98.8 Å². The molecule has 5 rings (SSSR count). The van der Waals surface area contributed by atoms with Crippen LogP contribution in [0.2, 0.25) is 0 Å². The first-order chi connectivity index (χ1) is 20.6. The Morgan fingerprint density at radius 1 is 1.12 bits per heavy atom. The highest BCUT2D eigenvalue weighted by molar-refractivity contribution is 7.92.